The van der Waals surface area contributed by atoms with Gasteiger partial charge in [-0.3, -0.25) is 4.79 Å². The fourth-order valence-electron chi connectivity index (χ4n) is 3.55. The van der Waals surface area contributed by atoms with E-state index in [0.717, 1.165) is 23.5 Å². The van der Waals surface area contributed by atoms with Crippen molar-refractivity contribution in [3.8, 4) is 11.1 Å². The molecule has 8 heteroatoms. The molecule has 30 heavy (non-hydrogen) atoms. The van der Waals surface area contributed by atoms with Gasteiger partial charge in [0.15, 0.2) is 0 Å². The zero-order valence-corrected chi connectivity index (χ0v) is 16.5. The third-order valence-electron chi connectivity index (χ3n) is 4.97. The van der Waals surface area contributed by atoms with Crippen LogP contribution in [0.5, 0.6) is 0 Å². The quantitative estimate of drug-likeness (QED) is 0.541. The molecule has 154 valence electrons. The molecule has 0 bridgehead atoms. The minimum absolute atomic E-state index is 0.0452. The number of nitrogens with zero attached hydrogens (tertiary/aromatic N) is 2. The third-order valence-corrected chi connectivity index (χ3v) is 5.21. The van der Waals surface area contributed by atoms with Crippen LogP contribution < -0.4 is 10.2 Å². The first-order chi connectivity index (χ1) is 14.3. The molecule has 0 atom stereocenters. The van der Waals surface area contributed by atoms with E-state index in [2.05, 4.69) is 10.3 Å². The van der Waals surface area contributed by atoms with Gasteiger partial charge >= 0.3 is 6.18 Å². The number of aromatic nitrogens is 1. The maximum atomic E-state index is 13.5. The van der Waals surface area contributed by atoms with Crippen LogP contribution in [-0.4, -0.2) is 24.4 Å². The summed E-state index contributed by atoms with van der Waals surface area (Å²) in [6.07, 6.45) is -2.02. The van der Waals surface area contributed by atoms with E-state index in [0.29, 0.717) is 30.2 Å². The first-order valence-corrected chi connectivity index (χ1v) is 9.63. The van der Waals surface area contributed by atoms with Crippen molar-refractivity contribution in [3.63, 3.8) is 0 Å². The van der Waals surface area contributed by atoms with Crippen molar-refractivity contribution in [1.29, 1.82) is 0 Å². The number of halogens is 4. The molecule has 0 radical (unpaired) electrons. The first-order valence-electron chi connectivity index (χ1n) is 9.25. The zero-order chi connectivity index (χ0) is 21.3. The van der Waals surface area contributed by atoms with E-state index in [9.17, 15) is 18.0 Å². The van der Waals surface area contributed by atoms with Crippen LogP contribution in [0.1, 0.15) is 21.5 Å². The number of carbonyl (C=O) groups excluding carboxylic acids is 1. The number of aldehydes is 1. The molecule has 1 aliphatic heterocycles. The Morgan fingerprint density at radius 2 is 1.97 bits per heavy atom. The van der Waals surface area contributed by atoms with Crippen molar-refractivity contribution in [2.24, 2.45) is 0 Å². The minimum Gasteiger partial charge on any atom is -0.367 e. The van der Waals surface area contributed by atoms with E-state index in [1.165, 1.54) is 12.1 Å². The Kier molecular flexibility index (Phi) is 5.39. The van der Waals surface area contributed by atoms with Crippen LogP contribution in [0, 0.1) is 0 Å². The van der Waals surface area contributed by atoms with Gasteiger partial charge in [-0.05, 0) is 41.5 Å². The lowest BCUT2D eigenvalue weighted by Gasteiger charge is -2.32. The maximum absolute atomic E-state index is 13.5. The Balaban J connectivity index is 1.72. The highest BCUT2D eigenvalue weighted by Gasteiger charge is 2.34. The molecule has 0 aliphatic carbocycles. The summed E-state index contributed by atoms with van der Waals surface area (Å²) < 4.78 is 40.4. The molecule has 2 aromatic carbocycles. The molecule has 2 heterocycles. The monoisotopic (exact) mass is 431 g/mol. The van der Waals surface area contributed by atoms with Gasteiger partial charge in [0.2, 0.25) is 0 Å². The number of carbonyl (C=O) groups is 1. The fraction of sp³-hybridized carbons (Fsp3) is 0.182. The maximum Gasteiger partial charge on any atom is 0.416 e. The van der Waals surface area contributed by atoms with E-state index < -0.39 is 11.7 Å². The van der Waals surface area contributed by atoms with Crippen LogP contribution in [0.25, 0.3) is 11.1 Å². The van der Waals surface area contributed by atoms with Gasteiger partial charge in [-0.2, -0.15) is 13.2 Å². The van der Waals surface area contributed by atoms with Crippen molar-refractivity contribution in [3.05, 3.63) is 76.4 Å². The summed E-state index contributed by atoms with van der Waals surface area (Å²) in [5.41, 5.74) is 2.22. The summed E-state index contributed by atoms with van der Waals surface area (Å²) in [5, 5.41) is 3.43. The van der Waals surface area contributed by atoms with Crippen LogP contribution >= 0.6 is 11.6 Å². The topological polar surface area (TPSA) is 45.2 Å². The number of anilines is 2. The van der Waals surface area contributed by atoms with Gasteiger partial charge in [0, 0.05) is 42.0 Å². The standard InChI is InChI=1S/C22H17ClF3N3O/c23-18-4-5-19(22(24,25)26)17(9-18)12-29-7-6-27-21-20(29)10-16(11-28-21)15-3-1-2-14(8-15)13-30/h1-5,8-11,13H,6-7,12H2,(H,27,28). The molecule has 0 saturated carbocycles. The SMILES string of the molecule is O=Cc1cccc(-c2cnc3c(c2)N(Cc2cc(Cl)ccc2C(F)(F)F)CCN3)c1. The van der Waals surface area contributed by atoms with Gasteiger partial charge in [0.25, 0.3) is 0 Å². The van der Waals surface area contributed by atoms with Crippen LogP contribution in [0.4, 0.5) is 24.7 Å². The number of hydrogen-bond acceptors (Lipinski definition) is 4. The fourth-order valence-corrected chi connectivity index (χ4v) is 3.74. The van der Waals surface area contributed by atoms with Crippen molar-refractivity contribution in [2.75, 3.05) is 23.3 Å². The van der Waals surface area contributed by atoms with Crippen molar-refractivity contribution < 1.29 is 18.0 Å². The van der Waals surface area contributed by atoms with E-state index in [1.54, 1.807) is 24.4 Å². The summed E-state index contributed by atoms with van der Waals surface area (Å²) in [7, 11) is 0. The number of fused-ring (bicyclic) bond motifs is 1. The molecule has 1 aliphatic rings. The van der Waals surface area contributed by atoms with E-state index in [-0.39, 0.29) is 17.1 Å². The molecule has 0 unspecified atom stereocenters. The number of hydrogen-bond donors (Lipinski definition) is 1. The van der Waals surface area contributed by atoms with Gasteiger partial charge < -0.3 is 10.2 Å². The molecule has 4 nitrogen and oxygen atoms in total. The summed E-state index contributed by atoms with van der Waals surface area (Å²) in [4.78, 5) is 17.4. The predicted octanol–water partition coefficient (Wildman–Crippen LogP) is 5.67. The van der Waals surface area contributed by atoms with Gasteiger partial charge in [-0.25, -0.2) is 4.98 Å². The van der Waals surface area contributed by atoms with Gasteiger partial charge in [0.1, 0.15) is 12.1 Å². The molecule has 0 fully saturated rings. The Morgan fingerprint density at radius 1 is 1.13 bits per heavy atom. The van der Waals surface area contributed by atoms with Crippen LogP contribution in [0.15, 0.2) is 54.7 Å². The van der Waals surface area contributed by atoms with E-state index in [1.807, 2.05) is 17.0 Å². The van der Waals surface area contributed by atoms with Gasteiger partial charge in [0.05, 0.1) is 11.3 Å². The number of pyridine rings is 1. The highest BCUT2D eigenvalue weighted by Crippen LogP contribution is 2.37. The van der Waals surface area contributed by atoms with Gasteiger partial charge in [-0.15, -0.1) is 0 Å². The molecule has 0 amide bonds. The zero-order valence-electron chi connectivity index (χ0n) is 15.7. The Hall–Kier alpha value is -3.06. The second-order valence-electron chi connectivity index (χ2n) is 6.98. The lowest BCUT2D eigenvalue weighted by atomic mass is 10.0. The molecule has 0 saturated heterocycles. The summed E-state index contributed by atoms with van der Waals surface area (Å²) in [6, 6.07) is 12.6. The molecule has 1 aromatic heterocycles. The number of nitrogens with one attached hydrogen (secondary N) is 1. The molecular weight excluding hydrogens is 415 g/mol. The Morgan fingerprint density at radius 3 is 2.73 bits per heavy atom. The second-order valence-corrected chi connectivity index (χ2v) is 7.42. The third kappa shape index (κ3) is 4.11. The molecular formula is C22H17ClF3N3O. The lowest BCUT2D eigenvalue weighted by molar-refractivity contribution is -0.138. The normalized spacial score (nSPS) is 13.5. The molecule has 4 rings (SSSR count). The summed E-state index contributed by atoms with van der Waals surface area (Å²) in [6.45, 7) is 1.11. The van der Waals surface area contributed by atoms with Crippen LogP contribution in [0.2, 0.25) is 5.02 Å². The smallest absolute Gasteiger partial charge is 0.367 e. The van der Waals surface area contributed by atoms with Crippen molar-refractivity contribution in [1.82, 2.24) is 4.98 Å². The average molecular weight is 432 g/mol. The molecule has 1 N–H and O–H groups in total. The number of rotatable bonds is 4. The number of alkyl halides is 3. The average Bonchev–Trinajstić information content (AvgIpc) is 2.73. The van der Waals surface area contributed by atoms with E-state index >= 15 is 0 Å². The van der Waals surface area contributed by atoms with Crippen LogP contribution in [0.3, 0.4) is 0 Å². The first kappa shape index (κ1) is 20.2. The van der Waals surface area contributed by atoms with E-state index in [4.69, 9.17) is 11.6 Å². The molecule has 0 spiro atoms. The molecule has 3 aromatic rings. The van der Waals surface area contributed by atoms with Gasteiger partial charge in [-0.1, -0.05) is 29.8 Å². The summed E-state index contributed by atoms with van der Waals surface area (Å²) in [5.74, 6) is 0.604. The Labute approximate surface area is 176 Å². The second kappa shape index (κ2) is 7.99. The largest absolute Gasteiger partial charge is 0.416 e. The lowest BCUT2D eigenvalue weighted by Crippen LogP contribution is -2.34. The summed E-state index contributed by atoms with van der Waals surface area (Å²) >= 11 is 5.98. The van der Waals surface area contributed by atoms with Crippen LogP contribution in [-0.2, 0) is 12.7 Å². The minimum atomic E-state index is -4.47. The Bertz CT molecular complexity index is 1100. The number of benzene rings is 2. The van der Waals surface area contributed by atoms with Crippen molar-refractivity contribution in [2.45, 2.75) is 12.7 Å². The highest BCUT2D eigenvalue weighted by atomic mass is 35.5. The predicted molar refractivity (Wildman–Crippen MR) is 111 cm³/mol. The van der Waals surface area contributed by atoms with Crippen molar-refractivity contribution >= 4 is 29.4 Å². The highest BCUT2D eigenvalue weighted by molar-refractivity contribution is 6.30.